The summed E-state index contributed by atoms with van der Waals surface area (Å²) in [5.74, 6) is 3.83. The zero-order valence-electron chi connectivity index (χ0n) is 17.7. The number of fused-ring (bicyclic) bond motifs is 5. The van der Waals surface area contributed by atoms with Gasteiger partial charge in [-0.1, -0.05) is 19.0 Å². The molecule has 4 aliphatic carbocycles. The van der Waals surface area contributed by atoms with Gasteiger partial charge in [0.05, 0.1) is 5.71 Å². The molecule has 7 atom stereocenters. The first-order valence-corrected chi connectivity index (χ1v) is 12.5. The first-order chi connectivity index (χ1) is 13.4. The lowest BCUT2D eigenvalue weighted by Crippen LogP contribution is -2.56. The van der Waals surface area contributed by atoms with Crippen molar-refractivity contribution < 1.29 is 10.0 Å². The van der Waals surface area contributed by atoms with Crippen LogP contribution in [0.5, 0.6) is 0 Å². The van der Waals surface area contributed by atoms with Crippen LogP contribution in [0.1, 0.15) is 78.1 Å². The van der Waals surface area contributed by atoms with Crippen LogP contribution in [0.4, 0.5) is 0 Å². The van der Waals surface area contributed by atoms with Gasteiger partial charge in [-0.3, -0.25) is 4.79 Å². The molecule has 0 aromatic rings. The van der Waals surface area contributed by atoms with E-state index in [1.54, 1.807) is 0 Å². The minimum Gasteiger partial charge on any atom is -0.411 e. The summed E-state index contributed by atoms with van der Waals surface area (Å²) in [7, 11) is 0. The van der Waals surface area contributed by atoms with Gasteiger partial charge in [-0.15, -0.1) is 0 Å². The van der Waals surface area contributed by atoms with Crippen LogP contribution in [0.3, 0.4) is 0 Å². The van der Waals surface area contributed by atoms with E-state index in [0.29, 0.717) is 34.7 Å². The van der Waals surface area contributed by atoms with Crippen LogP contribution in [0.25, 0.3) is 0 Å². The summed E-state index contributed by atoms with van der Waals surface area (Å²) >= 11 is 2.11. The number of ketones is 1. The maximum Gasteiger partial charge on any atom is 0.139 e. The second kappa shape index (κ2) is 7.94. The van der Waals surface area contributed by atoms with Crippen molar-refractivity contribution in [2.75, 3.05) is 12.3 Å². The van der Waals surface area contributed by atoms with E-state index in [0.717, 1.165) is 50.8 Å². The molecule has 0 radical (unpaired) electrons. The molecule has 0 heterocycles. The minimum absolute atomic E-state index is 0.110. The third-order valence-corrected chi connectivity index (χ3v) is 10.6. The molecule has 4 nitrogen and oxygen atoms in total. The van der Waals surface area contributed by atoms with Crippen molar-refractivity contribution in [3.63, 3.8) is 0 Å². The zero-order valence-corrected chi connectivity index (χ0v) is 18.5. The molecule has 28 heavy (non-hydrogen) atoms. The Labute approximate surface area is 174 Å². The monoisotopic (exact) mass is 406 g/mol. The highest BCUT2D eigenvalue weighted by molar-refractivity contribution is 7.99. The van der Waals surface area contributed by atoms with Crippen LogP contribution in [0.15, 0.2) is 5.16 Å². The van der Waals surface area contributed by atoms with Crippen molar-refractivity contribution in [1.82, 2.24) is 0 Å². The lowest BCUT2D eigenvalue weighted by atomic mass is 9.45. The molecule has 0 aromatic heterocycles. The van der Waals surface area contributed by atoms with E-state index in [1.807, 2.05) is 0 Å². The predicted octanol–water partition coefficient (Wildman–Crippen LogP) is 4.88. The Kier molecular flexibility index (Phi) is 5.87. The highest BCUT2D eigenvalue weighted by Crippen LogP contribution is 2.65. The number of nitrogens with zero attached hydrogens (tertiary/aromatic N) is 1. The Balaban J connectivity index is 1.52. The number of carbonyl (C=O) groups is 1. The number of nitrogens with two attached hydrogens (primary N) is 1. The van der Waals surface area contributed by atoms with Crippen LogP contribution >= 0.6 is 11.8 Å². The number of Topliss-reactive ketones (excluding diaryl/α,β-unsaturated/α-hetero) is 1. The van der Waals surface area contributed by atoms with Gasteiger partial charge in [0.15, 0.2) is 0 Å². The summed E-state index contributed by atoms with van der Waals surface area (Å²) < 4.78 is 0. The molecule has 5 heteroatoms. The standard InChI is InChI=1S/C23H38N2O2S/c1-22-9-7-15(28-12-4-3-11-24)13-19(22)20(25-27)14-16-17-5-6-21(26)23(17,2)10-8-18(16)22/h15-19,27H,3-14,24H2,1-2H3/b25-20+/t15?,16-,17-,18-,19+,22+,23-/m0/s1. The fourth-order valence-corrected chi connectivity index (χ4v) is 8.88. The topological polar surface area (TPSA) is 75.7 Å². The first-order valence-electron chi connectivity index (χ1n) is 11.5. The molecule has 0 bridgehead atoms. The van der Waals surface area contributed by atoms with Crippen LogP contribution in [0, 0.1) is 34.5 Å². The average Bonchev–Trinajstić information content (AvgIpc) is 3.00. The number of thioether (sulfide) groups is 1. The maximum atomic E-state index is 12.6. The fourth-order valence-electron chi connectivity index (χ4n) is 7.56. The van der Waals surface area contributed by atoms with Gasteiger partial charge >= 0.3 is 0 Å². The van der Waals surface area contributed by atoms with Crippen molar-refractivity contribution >= 4 is 23.3 Å². The lowest BCUT2D eigenvalue weighted by Gasteiger charge is -2.60. The van der Waals surface area contributed by atoms with E-state index in [9.17, 15) is 10.0 Å². The van der Waals surface area contributed by atoms with Crippen molar-refractivity contribution in [1.29, 1.82) is 0 Å². The van der Waals surface area contributed by atoms with Crippen molar-refractivity contribution in [3.8, 4) is 0 Å². The van der Waals surface area contributed by atoms with Crippen molar-refractivity contribution in [2.45, 2.75) is 83.3 Å². The van der Waals surface area contributed by atoms with Crippen LogP contribution in [0.2, 0.25) is 0 Å². The summed E-state index contributed by atoms with van der Waals surface area (Å²) in [4.78, 5) is 12.6. The quantitative estimate of drug-likeness (QED) is 0.388. The summed E-state index contributed by atoms with van der Waals surface area (Å²) in [6, 6.07) is 0. The number of unbranched alkanes of at least 4 members (excludes halogenated alkanes) is 1. The Morgan fingerprint density at radius 2 is 2.00 bits per heavy atom. The van der Waals surface area contributed by atoms with Gasteiger partial charge < -0.3 is 10.9 Å². The molecule has 0 aliphatic heterocycles. The Hall–Kier alpha value is -0.550. The van der Waals surface area contributed by atoms with E-state index >= 15 is 0 Å². The van der Waals surface area contributed by atoms with Gasteiger partial charge in [0, 0.05) is 23.0 Å². The summed E-state index contributed by atoms with van der Waals surface area (Å²) in [5.41, 5.74) is 6.80. The van der Waals surface area contributed by atoms with Gasteiger partial charge in [-0.2, -0.15) is 11.8 Å². The molecular weight excluding hydrogens is 368 g/mol. The Morgan fingerprint density at radius 3 is 2.75 bits per heavy atom. The van der Waals surface area contributed by atoms with E-state index in [4.69, 9.17) is 5.73 Å². The van der Waals surface area contributed by atoms with Gasteiger partial charge in [-0.25, -0.2) is 0 Å². The van der Waals surface area contributed by atoms with Gasteiger partial charge in [0.2, 0.25) is 0 Å². The Bertz CT molecular complexity index is 638. The van der Waals surface area contributed by atoms with Crippen LogP contribution in [-0.4, -0.2) is 34.2 Å². The van der Waals surface area contributed by atoms with Crippen molar-refractivity contribution in [3.05, 3.63) is 0 Å². The number of carbonyl (C=O) groups excluding carboxylic acids is 1. The summed E-state index contributed by atoms with van der Waals surface area (Å²) in [5, 5.41) is 14.5. The van der Waals surface area contributed by atoms with E-state index < -0.39 is 0 Å². The number of hydrogen-bond donors (Lipinski definition) is 2. The molecule has 0 aromatic carbocycles. The first kappa shape index (κ1) is 20.7. The van der Waals surface area contributed by atoms with Crippen LogP contribution < -0.4 is 5.73 Å². The van der Waals surface area contributed by atoms with E-state index in [2.05, 4.69) is 30.8 Å². The average molecular weight is 407 g/mol. The number of rotatable bonds is 5. The van der Waals surface area contributed by atoms with Gasteiger partial charge in [-0.05, 0) is 93.3 Å². The fraction of sp³-hybridized carbons (Fsp3) is 0.913. The molecule has 4 fully saturated rings. The molecule has 0 spiro atoms. The SMILES string of the molecule is C[C@]12CCC(SCCCCN)C[C@@H]1/C(=N/O)C[C@@H]1[C@@H]2CC[C@]2(C)C(=O)CC[C@@H]12. The molecule has 4 aliphatic rings. The van der Waals surface area contributed by atoms with E-state index in [1.165, 1.54) is 31.4 Å². The maximum absolute atomic E-state index is 12.6. The third kappa shape index (κ3) is 3.25. The van der Waals surface area contributed by atoms with Crippen molar-refractivity contribution in [2.24, 2.45) is 45.4 Å². The smallest absolute Gasteiger partial charge is 0.139 e. The molecule has 0 amide bonds. The molecule has 158 valence electrons. The zero-order chi connectivity index (χ0) is 19.9. The molecule has 4 rings (SSSR count). The molecule has 0 saturated heterocycles. The Morgan fingerprint density at radius 1 is 1.18 bits per heavy atom. The molecule has 4 saturated carbocycles. The normalized spacial score (nSPS) is 46.9. The van der Waals surface area contributed by atoms with Gasteiger partial charge in [0.1, 0.15) is 5.78 Å². The summed E-state index contributed by atoms with van der Waals surface area (Å²) in [6.07, 6.45) is 11.0. The molecular formula is C23H38N2O2S. The van der Waals surface area contributed by atoms with Gasteiger partial charge in [0.25, 0.3) is 0 Å². The minimum atomic E-state index is -0.110. The number of hydrogen-bond acceptors (Lipinski definition) is 5. The predicted molar refractivity (Wildman–Crippen MR) is 116 cm³/mol. The van der Waals surface area contributed by atoms with Crippen LogP contribution in [-0.2, 0) is 4.79 Å². The highest BCUT2D eigenvalue weighted by Gasteiger charge is 2.61. The number of oxime groups is 1. The second-order valence-corrected chi connectivity index (χ2v) is 11.8. The largest absolute Gasteiger partial charge is 0.411 e. The second-order valence-electron chi connectivity index (χ2n) is 10.4. The molecule has 3 N–H and O–H groups in total. The summed E-state index contributed by atoms with van der Waals surface area (Å²) in [6.45, 7) is 5.50. The van der Waals surface area contributed by atoms with E-state index in [-0.39, 0.29) is 10.8 Å². The highest BCUT2D eigenvalue weighted by atomic mass is 32.2. The molecule has 1 unspecified atom stereocenters. The third-order valence-electron chi connectivity index (χ3n) is 9.22. The lowest BCUT2D eigenvalue weighted by molar-refractivity contribution is -0.133.